The Hall–Kier alpha value is -1.64. The Labute approximate surface area is 108 Å². The number of fused-ring (bicyclic) bond motifs is 1. The molecule has 96 valence electrons. The van der Waals surface area contributed by atoms with Crippen LogP contribution in [0.1, 0.15) is 44.6 Å². The first kappa shape index (κ1) is 12.8. The van der Waals surface area contributed by atoms with Crippen LogP contribution in [0.2, 0.25) is 0 Å². The van der Waals surface area contributed by atoms with Crippen LogP contribution >= 0.6 is 0 Å². The number of pyridine rings is 1. The number of carbonyl (C=O) groups is 1. The summed E-state index contributed by atoms with van der Waals surface area (Å²) in [7, 11) is 0. The van der Waals surface area contributed by atoms with E-state index in [9.17, 15) is 4.79 Å². The van der Waals surface area contributed by atoms with Crippen molar-refractivity contribution in [2.24, 2.45) is 0 Å². The Bertz CT molecular complexity index is 516. The second kappa shape index (κ2) is 6.34. The third kappa shape index (κ3) is 3.42. The van der Waals surface area contributed by atoms with E-state index >= 15 is 0 Å². The number of hydrogen-bond donors (Lipinski definition) is 0. The molecule has 0 aromatic carbocycles. The highest BCUT2D eigenvalue weighted by Gasteiger charge is 2.03. The molecule has 2 aromatic heterocycles. The molecule has 2 aromatic rings. The zero-order valence-electron chi connectivity index (χ0n) is 10.9. The summed E-state index contributed by atoms with van der Waals surface area (Å²) in [6.45, 7) is 2.16. The Morgan fingerprint density at radius 3 is 3.00 bits per heavy atom. The first-order valence-corrected chi connectivity index (χ1v) is 6.73. The number of nitrogens with zero attached hydrogens (tertiary/aromatic N) is 2. The van der Waals surface area contributed by atoms with Crippen molar-refractivity contribution in [1.82, 2.24) is 9.38 Å². The molecule has 0 saturated carbocycles. The normalized spacial score (nSPS) is 10.9. The van der Waals surface area contributed by atoms with Crippen LogP contribution in [0.4, 0.5) is 0 Å². The quantitative estimate of drug-likeness (QED) is 0.699. The van der Waals surface area contributed by atoms with Crippen molar-refractivity contribution in [2.75, 3.05) is 0 Å². The molecule has 0 aliphatic rings. The maximum Gasteiger partial charge on any atom is 0.136 e. The van der Waals surface area contributed by atoms with Crippen LogP contribution in [0, 0.1) is 0 Å². The van der Waals surface area contributed by atoms with Crippen molar-refractivity contribution in [3.8, 4) is 0 Å². The van der Waals surface area contributed by atoms with Crippen molar-refractivity contribution in [3.05, 3.63) is 36.3 Å². The van der Waals surface area contributed by atoms with Gasteiger partial charge in [0.25, 0.3) is 0 Å². The molecule has 0 amide bonds. The molecule has 0 N–H and O–H groups in total. The van der Waals surface area contributed by atoms with Crippen LogP contribution < -0.4 is 0 Å². The molecule has 0 saturated heterocycles. The molecule has 0 radical (unpaired) electrons. The molecule has 0 spiro atoms. The van der Waals surface area contributed by atoms with Gasteiger partial charge in [0, 0.05) is 31.4 Å². The van der Waals surface area contributed by atoms with Crippen molar-refractivity contribution in [1.29, 1.82) is 0 Å². The van der Waals surface area contributed by atoms with Crippen molar-refractivity contribution < 1.29 is 4.79 Å². The third-order valence-electron chi connectivity index (χ3n) is 3.21. The van der Waals surface area contributed by atoms with Gasteiger partial charge in [-0.05, 0) is 30.5 Å². The number of aromatic nitrogens is 2. The summed E-state index contributed by atoms with van der Waals surface area (Å²) in [5.74, 6) is 0.381. The largest absolute Gasteiger partial charge is 0.307 e. The summed E-state index contributed by atoms with van der Waals surface area (Å²) in [5, 5.41) is 0. The molecule has 0 atom stereocenters. The number of hydrogen-bond acceptors (Lipinski definition) is 2. The number of rotatable bonds is 7. The van der Waals surface area contributed by atoms with E-state index < -0.39 is 0 Å². The average Bonchev–Trinajstić information content (AvgIpc) is 2.84. The van der Waals surface area contributed by atoms with Gasteiger partial charge in [0.15, 0.2) is 0 Å². The smallest absolute Gasteiger partial charge is 0.136 e. The molecular formula is C15H20N2O. The van der Waals surface area contributed by atoms with Gasteiger partial charge in [-0.1, -0.05) is 19.8 Å². The fourth-order valence-corrected chi connectivity index (χ4v) is 2.09. The minimum atomic E-state index is 0.381. The molecule has 3 heteroatoms. The maximum absolute atomic E-state index is 11.7. The van der Waals surface area contributed by atoms with E-state index in [2.05, 4.69) is 24.0 Å². The van der Waals surface area contributed by atoms with Gasteiger partial charge in [0.1, 0.15) is 11.4 Å². The van der Waals surface area contributed by atoms with E-state index in [1.807, 2.05) is 16.8 Å². The van der Waals surface area contributed by atoms with Gasteiger partial charge in [-0.15, -0.1) is 0 Å². The Morgan fingerprint density at radius 2 is 2.17 bits per heavy atom. The van der Waals surface area contributed by atoms with E-state index in [1.54, 1.807) is 6.20 Å². The van der Waals surface area contributed by atoms with E-state index in [1.165, 1.54) is 12.0 Å². The van der Waals surface area contributed by atoms with Crippen LogP contribution in [0.3, 0.4) is 0 Å². The highest BCUT2D eigenvalue weighted by molar-refractivity contribution is 5.78. The SMILES string of the molecule is CCCCCC(=O)CCc1ccn2ccnc2c1. The summed E-state index contributed by atoms with van der Waals surface area (Å²) < 4.78 is 1.98. The molecule has 3 nitrogen and oxygen atoms in total. The lowest BCUT2D eigenvalue weighted by atomic mass is 10.0. The minimum absolute atomic E-state index is 0.381. The third-order valence-corrected chi connectivity index (χ3v) is 3.21. The van der Waals surface area contributed by atoms with Crippen LogP contribution in [0.5, 0.6) is 0 Å². The maximum atomic E-state index is 11.7. The first-order valence-electron chi connectivity index (χ1n) is 6.73. The minimum Gasteiger partial charge on any atom is -0.307 e. The lowest BCUT2D eigenvalue weighted by molar-refractivity contribution is -0.119. The molecular weight excluding hydrogens is 224 g/mol. The predicted octanol–water partition coefficient (Wildman–Crippen LogP) is 3.42. The van der Waals surface area contributed by atoms with Gasteiger partial charge in [0.05, 0.1) is 0 Å². The fraction of sp³-hybridized carbons (Fsp3) is 0.467. The Balaban J connectivity index is 1.83. The van der Waals surface area contributed by atoms with Crippen LogP contribution in [-0.4, -0.2) is 15.2 Å². The highest BCUT2D eigenvalue weighted by Crippen LogP contribution is 2.10. The summed E-state index contributed by atoms with van der Waals surface area (Å²) in [4.78, 5) is 15.9. The number of carbonyl (C=O) groups excluding carboxylic acids is 1. The van der Waals surface area contributed by atoms with Gasteiger partial charge < -0.3 is 4.40 Å². The summed E-state index contributed by atoms with van der Waals surface area (Å²) in [6.07, 6.45) is 11.3. The highest BCUT2D eigenvalue weighted by atomic mass is 16.1. The van der Waals surface area contributed by atoms with Gasteiger partial charge in [-0.2, -0.15) is 0 Å². The van der Waals surface area contributed by atoms with E-state index in [-0.39, 0.29) is 0 Å². The average molecular weight is 244 g/mol. The summed E-state index contributed by atoms with van der Waals surface area (Å²) >= 11 is 0. The van der Waals surface area contributed by atoms with Crippen LogP contribution in [0.25, 0.3) is 5.65 Å². The predicted molar refractivity (Wildman–Crippen MR) is 72.7 cm³/mol. The van der Waals surface area contributed by atoms with Gasteiger partial charge in [0.2, 0.25) is 0 Å². The number of ketones is 1. The van der Waals surface area contributed by atoms with Gasteiger partial charge in [-0.25, -0.2) is 4.98 Å². The molecule has 2 heterocycles. The van der Waals surface area contributed by atoms with Crippen molar-refractivity contribution >= 4 is 11.4 Å². The van der Waals surface area contributed by atoms with E-state index in [0.717, 1.165) is 31.3 Å². The zero-order chi connectivity index (χ0) is 12.8. The van der Waals surface area contributed by atoms with Crippen molar-refractivity contribution in [3.63, 3.8) is 0 Å². The van der Waals surface area contributed by atoms with Crippen molar-refractivity contribution in [2.45, 2.75) is 45.4 Å². The fourth-order valence-electron chi connectivity index (χ4n) is 2.09. The Morgan fingerprint density at radius 1 is 1.28 bits per heavy atom. The van der Waals surface area contributed by atoms with Crippen LogP contribution in [-0.2, 0) is 11.2 Å². The number of Topliss-reactive ketones (excluding diaryl/α,β-unsaturated/α-hetero) is 1. The van der Waals surface area contributed by atoms with E-state index in [0.29, 0.717) is 12.2 Å². The van der Waals surface area contributed by atoms with Gasteiger partial charge in [-0.3, -0.25) is 4.79 Å². The molecule has 0 aliphatic heterocycles. The second-order valence-corrected chi connectivity index (χ2v) is 4.72. The second-order valence-electron chi connectivity index (χ2n) is 4.72. The monoisotopic (exact) mass is 244 g/mol. The van der Waals surface area contributed by atoms with Gasteiger partial charge >= 0.3 is 0 Å². The summed E-state index contributed by atoms with van der Waals surface area (Å²) in [5.41, 5.74) is 2.14. The molecule has 0 fully saturated rings. The topological polar surface area (TPSA) is 34.4 Å². The lowest BCUT2D eigenvalue weighted by Gasteiger charge is -2.02. The molecule has 0 aliphatic carbocycles. The zero-order valence-corrected chi connectivity index (χ0v) is 10.9. The molecule has 0 bridgehead atoms. The first-order chi connectivity index (χ1) is 8.79. The Kier molecular flexibility index (Phi) is 4.51. The number of unbranched alkanes of at least 4 members (excludes halogenated alkanes) is 2. The lowest BCUT2D eigenvalue weighted by Crippen LogP contribution is -2.00. The van der Waals surface area contributed by atoms with Crippen LogP contribution in [0.15, 0.2) is 30.7 Å². The number of imidazole rings is 1. The molecule has 2 rings (SSSR count). The van der Waals surface area contributed by atoms with E-state index in [4.69, 9.17) is 0 Å². The summed E-state index contributed by atoms with van der Waals surface area (Å²) in [6, 6.07) is 4.12. The molecule has 0 unspecified atom stereocenters. The molecule has 18 heavy (non-hydrogen) atoms. The number of aryl methyl sites for hydroxylation is 1. The standard InChI is InChI=1S/C15H20N2O/c1-2-3-4-5-14(18)7-6-13-8-10-17-11-9-16-15(17)12-13/h8-12H,2-7H2,1H3.